The summed E-state index contributed by atoms with van der Waals surface area (Å²) in [6.07, 6.45) is 3.05. The van der Waals surface area contributed by atoms with Crippen molar-refractivity contribution in [3.05, 3.63) is 24.3 Å². The van der Waals surface area contributed by atoms with Crippen molar-refractivity contribution in [3.8, 4) is 0 Å². The first-order chi connectivity index (χ1) is 10.8. The maximum atomic E-state index is 11.1. The van der Waals surface area contributed by atoms with Crippen LogP contribution in [0.15, 0.2) is 24.3 Å². The van der Waals surface area contributed by atoms with Crippen LogP contribution in [0.25, 0.3) is 0 Å². The monoisotopic (exact) mass is 374 g/mol. The van der Waals surface area contributed by atoms with E-state index in [2.05, 4.69) is 50.5 Å². The van der Waals surface area contributed by atoms with Crippen LogP contribution in [-0.4, -0.2) is 39.8 Å². The molecule has 4 nitrogen and oxygen atoms in total. The number of carboxylic acid groups (broad SMARTS) is 1. The number of hydrogen-bond acceptors (Lipinski definition) is 4. The molecule has 1 rings (SSSR count). The Kier molecular flexibility index (Phi) is 11.8. The van der Waals surface area contributed by atoms with E-state index in [1.54, 1.807) is 0 Å². The Morgan fingerprint density at radius 1 is 0.958 bits per heavy atom. The number of carbonyl (C=O) groups is 1. The summed E-state index contributed by atoms with van der Waals surface area (Å²) in [6.45, 7) is 13.2. The Bertz CT molecular complexity index is 483. The van der Waals surface area contributed by atoms with Crippen LogP contribution < -0.4 is 66.3 Å². The van der Waals surface area contributed by atoms with Crippen molar-refractivity contribution in [2.45, 2.75) is 46.3 Å². The first-order valence-corrected chi connectivity index (χ1v) is 12.3. The molecule has 6 heteroatoms. The van der Waals surface area contributed by atoms with Crippen molar-refractivity contribution < 1.29 is 61.3 Å². The number of benzene rings is 1. The van der Waals surface area contributed by atoms with Gasteiger partial charge in [-0.2, -0.15) is 0 Å². The molecule has 0 aliphatic heterocycles. The normalized spacial score (nSPS) is 10.9. The van der Waals surface area contributed by atoms with Gasteiger partial charge in [0.2, 0.25) is 0 Å². The minimum Gasteiger partial charge on any atom is -0.548 e. The fraction of sp³-hybridized carbons (Fsp3) is 0.611. The van der Waals surface area contributed by atoms with Crippen LogP contribution in [-0.2, 0) is 4.79 Å². The summed E-state index contributed by atoms with van der Waals surface area (Å²) in [6, 6.07) is 8.29. The van der Waals surface area contributed by atoms with Crippen LogP contribution >= 0.6 is 0 Å². The molecule has 24 heavy (non-hydrogen) atoms. The van der Waals surface area contributed by atoms with Crippen molar-refractivity contribution in [1.29, 1.82) is 0 Å². The SMILES string of the molecule is CCCN(CCC)c1ccc(N(CC(=O)[O-])C[Si](C)(C)C)cc1.[K+]. The van der Waals surface area contributed by atoms with E-state index in [1.807, 2.05) is 17.0 Å². The molecule has 0 spiro atoms. The molecule has 0 atom stereocenters. The molecule has 0 bridgehead atoms. The summed E-state index contributed by atoms with van der Waals surface area (Å²) < 4.78 is 0. The summed E-state index contributed by atoms with van der Waals surface area (Å²) >= 11 is 0. The van der Waals surface area contributed by atoms with Gasteiger partial charge >= 0.3 is 51.4 Å². The molecule has 1 aromatic rings. The predicted octanol–water partition coefficient (Wildman–Crippen LogP) is -0.249. The average molecular weight is 375 g/mol. The number of anilines is 2. The van der Waals surface area contributed by atoms with E-state index in [-0.39, 0.29) is 57.9 Å². The first kappa shape index (κ1) is 24.1. The maximum absolute atomic E-state index is 11.1. The molecule has 0 saturated carbocycles. The number of rotatable bonds is 10. The van der Waals surface area contributed by atoms with E-state index in [0.29, 0.717) is 0 Å². The Balaban J connectivity index is 0.00000529. The Morgan fingerprint density at radius 2 is 1.38 bits per heavy atom. The van der Waals surface area contributed by atoms with Gasteiger partial charge < -0.3 is 19.7 Å². The molecule has 0 saturated heterocycles. The summed E-state index contributed by atoms with van der Waals surface area (Å²) in [7, 11) is -1.41. The topological polar surface area (TPSA) is 46.6 Å². The zero-order valence-corrected chi connectivity index (χ0v) is 20.4. The van der Waals surface area contributed by atoms with Crippen molar-refractivity contribution in [3.63, 3.8) is 0 Å². The second-order valence-electron chi connectivity index (χ2n) is 7.29. The molecular weight excluding hydrogens is 343 g/mol. The Hall–Kier alpha value is 0.143. The Morgan fingerprint density at radius 3 is 1.71 bits per heavy atom. The Labute approximate surface area is 191 Å². The molecule has 0 radical (unpaired) electrons. The van der Waals surface area contributed by atoms with Gasteiger partial charge in [0.15, 0.2) is 0 Å². The summed E-state index contributed by atoms with van der Waals surface area (Å²) in [5.41, 5.74) is 2.17. The predicted molar refractivity (Wildman–Crippen MR) is 99.8 cm³/mol. The van der Waals surface area contributed by atoms with E-state index in [4.69, 9.17) is 0 Å². The minimum atomic E-state index is -1.41. The number of nitrogens with zero attached hydrogens (tertiary/aromatic N) is 2. The van der Waals surface area contributed by atoms with Crippen LogP contribution in [0.5, 0.6) is 0 Å². The van der Waals surface area contributed by atoms with E-state index in [1.165, 1.54) is 5.69 Å². The zero-order valence-electron chi connectivity index (χ0n) is 16.3. The second-order valence-corrected chi connectivity index (χ2v) is 12.7. The van der Waals surface area contributed by atoms with Gasteiger partial charge in [0.05, 0.1) is 20.6 Å². The van der Waals surface area contributed by atoms with Crippen LogP contribution in [0, 0.1) is 0 Å². The smallest absolute Gasteiger partial charge is 0.548 e. The van der Waals surface area contributed by atoms with E-state index >= 15 is 0 Å². The van der Waals surface area contributed by atoms with Gasteiger partial charge in [-0.05, 0) is 37.1 Å². The van der Waals surface area contributed by atoms with Crippen molar-refractivity contribution in [2.75, 3.05) is 35.6 Å². The van der Waals surface area contributed by atoms with Gasteiger partial charge in [-0.15, -0.1) is 0 Å². The summed E-state index contributed by atoms with van der Waals surface area (Å²) in [5.74, 6) is -1.02. The quantitative estimate of drug-likeness (QED) is 0.530. The number of aliphatic carboxylic acids is 1. The third-order valence-corrected chi connectivity index (χ3v) is 4.88. The summed E-state index contributed by atoms with van der Waals surface area (Å²) in [4.78, 5) is 15.4. The molecule has 0 fully saturated rings. The third-order valence-electron chi connectivity index (χ3n) is 3.55. The molecule has 130 valence electrons. The molecule has 0 amide bonds. The fourth-order valence-electron chi connectivity index (χ4n) is 2.75. The summed E-state index contributed by atoms with van der Waals surface area (Å²) in [5, 5.41) is 11.1. The van der Waals surface area contributed by atoms with Gasteiger partial charge in [-0.25, -0.2) is 0 Å². The van der Waals surface area contributed by atoms with E-state index in [0.717, 1.165) is 37.8 Å². The number of hydrogen-bond donors (Lipinski definition) is 0. The van der Waals surface area contributed by atoms with Crippen LogP contribution in [0.4, 0.5) is 11.4 Å². The van der Waals surface area contributed by atoms with Gasteiger partial charge in [0.25, 0.3) is 0 Å². The fourth-order valence-corrected chi connectivity index (χ4v) is 4.19. The van der Waals surface area contributed by atoms with Crippen LogP contribution in [0.1, 0.15) is 26.7 Å². The molecular formula is C18H31KN2O2Si. The van der Waals surface area contributed by atoms with E-state index < -0.39 is 14.0 Å². The van der Waals surface area contributed by atoms with Crippen molar-refractivity contribution >= 4 is 25.4 Å². The zero-order chi connectivity index (χ0) is 17.5. The second kappa shape index (κ2) is 11.7. The van der Waals surface area contributed by atoms with Crippen LogP contribution in [0.2, 0.25) is 19.6 Å². The standard InChI is InChI=1S/C18H32N2O2Si.K/c1-6-12-19(13-7-2)16-8-10-17(11-9-16)20(14-18(21)22)15-23(3,4)5;/h8-11H,6-7,12-15H2,1-5H3,(H,21,22);/q;+1/p-1. The van der Waals surface area contributed by atoms with Crippen LogP contribution in [0.3, 0.4) is 0 Å². The number of carbonyl (C=O) groups excluding carboxylic acids is 1. The van der Waals surface area contributed by atoms with E-state index in [9.17, 15) is 9.90 Å². The van der Waals surface area contributed by atoms with Gasteiger partial charge in [-0.1, -0.05) is 33.5 Å². The first-order valence-electron chi connectivity index (χ1n) is 8.56. The molecule has 0 N–H and O–H groups in total. The maximum Gasteiger partial charge on any atom is 1.00 e. The van der Waals surface area contributed by atoms with Gasteiger partial charge in [-0.3, -0.25) is 0 Å². The molecule has 0 aliphatic carbocycles. The molecule has 0 aromatic heterocycles. The third kappa shape index (κ3) is 9.01. The average Bonchev–Trinajstić information content (AvgIpc) is 2.44. The molecule has 0 unspecified atom stereocenters. The van der Waals surface area contributed by atoms with Crippen molar-refractivity contribution in [2.24, 2.45) is 0 Å². The minimum absolute atomic E-state index is 0. The number of carboxylic acids is 1. The van der Waals surface area contributed by atoms with Crippen molar-refractivity contribution in [1.82, 2.24) is 0 Å². The largest absolute Gasteiger partial charge is 1.00 e. The molecule has 0 heterocycles. The van der Waals surface area contributed by atoms with Gasteiger partial charge in [0.1, 0.15) is 0 Å². The van der Waals surface area contributed by atoms with Gasteiger partial charge in [0, 0.05) is 30.6 Å². The molecule has 0 aliphatic rings. The molecule has 1 aromatic carbocycles.